The van der Waals surface area contributed by atoms with Gasteiger partial charge in [0.05, 0.1) is 32.4 Å². The van der Waals surface area contributed by atoms with Gasteiger partial charge in [0.2, 0.25) is 0 Å². The molecule has 0 bridgehead atoms. The molecule has 0 saturated carbocycles. The van der Waals surface area contributed by atoms with E-state index in [1.807, 2.05) is 0 Å². The van der Waals surface area contributed by atoms with E-state index in [4.69, 9.17) is 21.4 Å². The standard InChI is InChI=1S/C15H17ClN2O5/c1-23-15(22)11-7-18(4-5-19)14(21)13(11)17-12-3-2-10(16)6-9(12)8-20/h2-3,6,17,19-20H,4-5,7-8H2,1H3. The van der Waals surface area contributed by atoms with E-state index in [-0.39, 0.29) is 37.6 Å². The van der Waals surface area contributed by atoms with E-state index in [1.165, 1.54) is 12.0 Å². The Morgan fingerprint density at radius 2 is 2.17 bits per heavy atom. The molecule has 1 aliphatic rings. The number of rotatable bonds is 6. The highest BCUT2D eigenvalue weighted by atomic mass is 35.5. The van der Waals surface area contributed by atoms with Crippen LogP contribution in [-0.4, -0.2) is 53.8 Å². The molecule has 0 radical (unpaired) electrons. The molecular formula is C15H17ClN2O5. The van der Waals surface area contributed by atoms with Crippen molar-refractivity contribution in [1.29, 1.82) is 0 Å². The van der Waals surface area contributed by atoms with Crippen molar-refractivity contribution in [2.75, 3.05) is 32.1 Å². The minimum absolute atomic E-state index is 0.0520. The molecule has 7 nitrogen and oxygen atoms in total. The number of aliphatic hydroxyl groups excluding tert-OH is 2. The van der Waals surface area contributed by atoms with E-state index >= 15 is 0 Å². The number of anilines is 1. The van der Waals surface area contributed by atoms with Crippen molar-refractivity contribution < 1.29 is 24.5 Å². The number of methoxy groups -OCH3 is 1. The molecule has 8 heteroatoms. The fourth-order valence-electron chi connectivity index (χ4n) is 2.30. The van der Waals surface area contributed by atoms with Crippen LogP contribution in [0.3, 0.4) is 0 Å². The van der Waals surface area contributed by atoms with Crippen LogP contribution in [-0.2, 0) is 20.9 Å². The van der Waals surface area contributed by atoms with Crippen molar-refractivity contribution >= 4 is 29.2 Å². The minimum atomic E-state index is -0.624. The summed E-state index contributed by atoms with van der Waals surface area (Å²) in [5.74, 6) is -1.04. The number of amides is 1. The highest BCUT2D eigenvalue weighted by Crippen LogP contribution is 2.26. The molecule has 1 aliphatic heterocycles. The highest BCUT2D eigenvalue weighted by molar-refractivity contribution is 6.30. The van der Waals surface area contributed by atoms with Gasteiger partial charge in [0.1, 0.15) is 5.70 Å². The summed E-state index contributed by atoms with van der Waals surface area (Å²) in [6.45, 7) is -0.330. The van der Waals surface area contributed by atoms with Crippen LogP contribution in [0.2, 0.25) is 5.02 Å². The number of nitrogens with zero attached hydrogens (tertiary/aromatic N) is 1. The molecule has 1 aromatic carbocycles. The maximum Gasteiger partial charge on any atom is 0.337 e. The monoisotopic (exact) mass is 340 g/mol. The summed E-state index contributed by atoms with van der Waals surface area (Å²) in [6, 6.07) is 4.78. The molecule has 2 rings (SSSR count). The number of hydrogen-bond donors (Lipinski definition) is 3. The van der Waals surface area contributed by atoms with Gasteiger partial charge in [-0.05, 0) is 18.2 Å². The Balaban J connectivity index is 2.37. The van der Waals surface area contributed by atoms with Crippen LogP contribution in [0.4, 0.5) is 5.69 Å². The molecule has 124 valence electrons. The third-order valence-corrected chi connectivity index (χ3v) is 3.69. The van der Waals surface area contributed by atoms with Crippen molar-refractivity contribution in [1.82, 2.24) is 4.90 Å². The van der Waals surface area contributed by atoms with Gasteiger partial charge >= 0.3 is 5.97 Å². The Hall–Kier alpha value is -2.09. The van der Waals surface area contributed by atoms with Crippen LogP contribution in [0.15, 0.2) is 29.5 Å². The van der Waals surface area contributed by atoms with E-state index in [0.717, 1.165) is 0 Å². The summed E-state index contributed by atoms with van der Waals surface area (Å²) in [7, 11) is 1.23. The maximum absolute atomic E-state index is 12.4. The molecule has 1 aromatic rings. The Kier molecular flexibility index (Phi) is 5.59. The molecule has 0 unspecified atom stereocenters. The Labute approximate surface area is 138 Å². The summed E-state index contributed by atoms with van der Waals surface area (Å²) in [5, 5.41) is 21.7. The Bertz CT molecular complexity index is 659. The SMILES string of the molecule is COC(=O)C1=C(Nc2ccc(Cl)cc2CO)C(=O)N(CCO)C1. The van der Waals surface area contributed by atoms with Gasteiger partial charge in [-0.25, -0.2) is 4.79 Å². The average molecular weight is 341 g/mol. The van der Waals surface area contributed by atoms with E-state index in [2.05, 4.69) is 5.32 Å². The third kappa shape index (κ3) is 3.64. The van der Waals surface area contributed by atoms with E-state index in [0.29, 0.717) is 16.3 Å². The number of carbonyl (C=O) groups is 2. The largest absolute Gasteiger partial charge is 0.466 e. The van der Waals surface area contributed by atoms with Gasteiger partial charge in [-0.15, -0.1) is 0 Å². The first-order chi connectivity index (χ1) is 11.0. The molecule has 0 saturated heterocycles. The molecule has 0 atom stereocenters. The lowest BCUT2D eigenvalue weighted by molar-refractivity contribution is -0.136. The van der Waals surface area contributed by atoms with Gasteiger partial charge < -0.3 is 25.2 Å². The maximum atomic E-state index is 12.4. The quantitative estimate of drug-likeness (QED) is 0.652. The summed E-state index contributed by atoms with van der Waals surface area (Å²) in [6.07, 6.45) is 0. The number of hydrogen-bond acceptors (Lipinski definition) is 6. The second kappa shape index (κ2) is 7.45. The second-order valence-corrected chi connectivity index (χ2v) is 5.32. The zero-order chi connectivity index (χ0) is 17.0. The topological polar surface area (TPSA) is 99.1 Å². The van der Waals surface area contributed by atoms with E-state index < -0.39 is 11.9 Å². The van der Waals surface area contributed by atoms with Gasteiger partial charge in [-0.2, -0.15) is 0 Å². The first-order valence-corrected chi connectivity index (χ1v) is 7.27. The molecule has 0 spiro atoms. The second-order valence-electron chi connectivity index (χ2n) is 4.88. The number of benzene rings is 1. The lowest BCUT2D eigenvalue weighted by atomic mass is 10.1. The van der Waals surface area contributed by atoms with Gasteiger partial charge in [0, 0.05) is 22.8 Å². The van der Waals surface area contributed by atoms with Crippen LogP contribution < -0.4 is 5.32 Å². The van der Waals surface area contributed by atoms with Gasteiger partial charge in [-0.1, -0.05) is 11.6 Å². The summed E-state index contributed by atoms with van der Waals surface area (Å²) >= 11 is 5.88. The lowest BCUT2D eigenvalue weighted by Crippen LogP contribution is -2.31. The molecular weight excluding hydrogens is 324 g/mol. The predicted molar refractivity (Wildman–Crippen MR) is 83.7 cm³/mol. The number of β-amino-alcohol motifs (C(OH)–C–C–N with tert-alkyl or cyclic N) is 1. The van der Waals surface area contributed by atoms with Gasteiger partial charge in [0.25, 0.3) is 5.91 Å². The van der Waals surface area contributed by atoms with Crippen LogP contribution in [0.5, 0.6) is 0 Å². The molecule has 23 heavy (non-hydrogen) atoms. The van der Waals surface area contributed by atoms with Gasteiger partial charge in [-0.3, -0.25) is 4.79 Å². The van der Waals surface area contributed by atoms with Crippen molar-refractivity contribution in [3.8, 4) is 0 Å². The van der Waals surface area contributed by atoms with Crippen LogP contribution in [0.1, 0.15) is 5.56 Å². The number of esters is 1. The normalized spacial score (nSPS) is 14.4. The van der Waals surface area contributed by atoms with E-state index in [9.17, 15) is 14.7 Å². The number of aliphatic hydroxyl groups is 2. The molecule has 1 amide bonds. The summed E-state index contributed by atoms with van der Waals surface area (Å²) in [5.41, 5.74) is 1.20. The number of ether oxygens (including phenoxy) is 1. The zero-order valence-corrected chi connectivity index (χ0v) is 13.3. The number of halogens is 1. The van der Waals surface area contributed by atoms with Crippen LogP contribution in [0.25, 0.3) is 0 Å². The number of carbonyl (C=O) groups excluding carboxylic acids is 2. The van der Waals surface area contributed by atoms with Crippen molar-refractivity contribution in [3.05, 3.63) is 40.1 Å². The first-order valence-electron chi connectivity index (χ1n) is 6.89. The fraction of sp³-hybridized carbons (Fsp3) is 0.333. The molecule has 0 fully saturated rings. The highest BCUT2D eigenvalue weighted by Gasteiger charge is 2.34. The summed E-state index contributed by atoms with van der Waals surface area (Å²) < 4.78 is 4.70. The van der Waals surface area contributed by atoms with Crippen LogP contribution >= 0.6 is 11.6 Å². The van der Waals surface area contributed by atoms with Gasteiger partial charge in [0.15, 0.2) is 0 Å². The van der Waals surface area contributed by atoms with Crippen molar-refractivity contribution in [2.45, 2.75) is 6.61 Å². The van der Waals surface area contributed by atoms with E-state index in [1.54, 1.807) is 18.2 Å². The summed E-state index contributed by atoms with van der Waals surface area (Å²) in [4.78, 5) is 25.6. The predicted octanol–water partition coefficient (Wildman–Crippen LogP) is 0.506. The first kappa shape index (κ1) is 17.3. The Morgan fingerprint density at radius 3 is 2.78 bits per heavy atom. The minimum Gasteiger partial charge on any atom is -0.466 e. The Morgan fingerprint density at radius 1 is 1.43 bits per heavy atom. The molecule has 1 heterocycles. The molecule has 0 aromatic heterocycles. The van der Waals surface area contributed by atoms with Crippen LogP contribution in [0, 0.1) is 0 Å². The molecule has 0 aliphatic carbocycles. The average Bonchev–Trinajstić information content (AvgIpc) is 2.85. The molecule has 3 N–H and O–H groups in total. The van der Waals surface area contributed by atoms with Crippen molar-refractivity contribution in [2.24, 2.45) is 0 Å². The van der Waals surface area contributed by atoms with Crippen molar-refractivity contribution in [3.63, 3.8) is 0 Å². The smallest absolute Gasteiger partial charge is 0.337 e. The lowest BCUT2D eigenvalue weighted by Gasteiger charge is -2.16. The third-order valence-electron chi connectivity index (χ3n) is 3.45. The zero-order valence-electron chi connectivity index (χ0n) is 12.5. The number of nitrogens with one attached hydrogen (secondary N) is 1. The fourth-order valence-corrected chi connectivity index (χ4v) is 2.49.